The Morgan fingerprint density at radius 1 is 0.214 bits per heavy atom. The molecule has 0 fully saturated rings. The molecule has 0 amide bonds. The fourth-order valence-corrected chi connectivity index (χ4v) is 0. The second-order valence-corrected chi connectivity index (χ2v) is 0. The molecule has 0 heteroatoms. The Morgan fingerprint density at radius 2 is 0.214 bits per heavy atom. The lowest BCUT2D eigenvalue weighted by molar-refractivity contribution is 1.50. The first kappa shape index (κ1) is 48.3. The second kappa shape index (κ2) is 0. The van der Waals surface area contributed by atoms with E-state index in [4.69, 9.17) is 0 Å². The standard InChI is InChI=1S/7C2H6.H2/c7*1-2;/h7*1-2H3;1H. The highest BCUT2D eigenvalue weighted by molar-refractivity contribution is 3.52. The van der Waals surface area contributed by atoms with Gasteiger partial charge in [-0.05, 0) is 0 Å². The number of hydrogen-bond acceptors (Lipinski definition) is 0. The van der Waals surface area contributed by atoms with E-state index in [0.717, 1.165) is 0 Å². The number of rotatable bonds is 0. The van der Waals surface area contributed by atoms with Crippen LogP contribution in [0.3, 0.4) is 0 Å². The molecule has 0 aromatic heterocycles. The average molecular weight is 213 g/mol. The molecular formula is C14H44. The van der Waals surface area contributed by atoms with Crippen molar-refractivity contribution in [1.29, 1.82) is 0 Å². The van der Waals surface area contributed by atoms with E-state index >= 15 is 0 Å². The predicted molar refractivity (Wildman–Crippen MR) is 81.6 cm³/mol. The summed E-state index contributed by atoms with van der Waals surface area (Å²) in [5.41, 5.74) is 0. The molecule has 0 atom stereocenters. The molecule has 0 aliphatic carbocycles. The van der Waals surface area contributed by atoms with Gasteiger partial charge in [0.1, 0.15) is 0 Å². The average Bonchev–Trinajstić information content (AvgIpc) is 2.45. The molecule has 0 rings (SSSR count). The van der Waals surface area contributed by atoms with Gasteiger partial charge in [-0.3, -0.25) is 0 Å². The van der Waals surface area contributed by atoms with Crippen molar-refractivity contribution >= 4 is 0 Å². The van der Waals surface area contributed by atoms with Gasteiger partial charge in [0.2, 0.25) is 0 Å². The molecule has 0 heterocycles. The summed E-state index contributed by atoms with van der Waals surface area (Å²) in [4.78, 5) is 0. The normalized spacial score (nSPS) is 3.00. The van der Waals surface area contributed by atoms with Gasteiger partial charge in [-0.15, -0.1) is 0 Å². The first-order chi connectivity index (χ1) is 7.00. The summed E-state index contributed by atoms with van der Waals surface area (Å²) < 4.78 is 0. The third-order valence-corrected chi connectivity index (χ3v) is 0. The van der Waals surface area contributed by atoms with Crippen LogP contribution in [0.2, 0.25) is 0 Å². The monoisotopic (exact) mass is 212 g/mol. The summed E-state index contributed by atoms with van der Waals surface area (Å²) in [5, 5.41) is 0. The molecule has 14 heavy (non-hydrogen) atoms. The Balaban J connectivity index is -0.00000000628. The summed E-state index contributed by atoms with van der Waals surface area (Å²) in [6.07, 6.45) is 0. The first-order valence-electron chi connectivity index (χ1n) is 7.00. The molecule has 0 aromatic carbocycles. The van der Waals surface area contributed by atoms with E-state index in [9.17, 15) is 0 Å². The van der Waals surface area contributed by atoms with Gasteiger partial charge >= 0.3 is 0 Å². The Labute approximate surface area is 99.0 Å². The van der Waals surface area contributed by atoms with Crippen molar-refractivity contribution < 1.29 is 1.43 Å². The molecule has 0 radical (unpaired) electrons. The fraction of sp³-hybridized carbons (Fsp3) is 1.00. The van der Waals surface area contributed by atoms with E-state index in [2.05, 4.69) is 0 Å². The van der Waals surface area contributed by atoms with Crippen LogP contribution in [0.25, 0.3) is 0 Å². The van der Waals surface area contributed by atoms with Crippen molar-refractivity contribution in [3.8, 4) is 0 Å². The Kier molecular flexibility index (Phi) is 0. The summed E-state index contributed by atoms with van der Waals surface area (Å²) in [7, 11) is 0. The van der Waals surface area contributed by atoms with E-state index in [0.29, 0.717) is 0 Å². The zero-order valence-electron chi connectivity index (χ0n) is 14.0. The minimum Gasteiger partial charge on any atom is -0.0683 e. The van der Waals surface area contributed by atoms with Crippen LogP contribution in [0.15, 0.2) is 0 Å². The second-order valence-electron chi connectivity index (χ2n) is 0. The molecule has 100 valence electrons. The molecule has 0 nitrogen and oxygen atoms in total. The maximum absolute atomic E-state index is 2.00. The molecule has 0 saturated carbocycles. The van der Waals surface area contributed by atoms with Crippen LogP contribution in [-0.2, 0) is 0 Å². The smallest absolute Gasteiger partial charge is 0 e. The molecule has 0 N–H and O–H groups in total. The van der Waals surface area contributed by atoms with Crippen LogP contribution in [0.5, 0.6) is 0 Å². The maximum atomic E-state index is 2.00. The van der Waals surface area contributed by atoms with Crippen molar-refractivity contribution in [2.45, 2.75) is 96.9 Å². The van der Waals surface area contributed by atoms with Gasteiger partial charge in [-0.2, -0.15) is 0 Å². The highest BCUT2D eigenvalue weighted by Crippen LogP contribution is 1.16. The van der Waals surface area contributed by atoms with Crippen LogP contribution < -0.4 is 0 Å². The van der Waals surface area contributed by atoms with Gasteiger partial charge in [-0.25, -0.2) is 0 Å². The molecular weight excluding hydrogens is 168 g/mol. The van der Waals surface area contributed by atoms with E-state index in [1.807, 2.05) is 96.9 Å². The van der Waals surface area contributed by atoms with Gasteiger partial charge in [0, 0.05) is 1.43 Å². The molecule has 0 aliphatic heterocycles. The van der Waals surface area contributed by atoms with Crippen LogP contribution in [0, 0.1) is 0 Å². The van der Waals surface area contributed by atoms with Gasteiger partial charge in [0.05, 0.1) is 0 Å². The summed E-state index contributed by atoms with van der Waals surface area (Å²) in [5.74, 6) is 0. The van der Waals surface area contributed by atoms with Gasteiger partial charge < -0.3 is 0 Å². The highest BCUT2D eigenvalue weighted by Gasteiger charge is 0.944. The minimum atomic E-state index is 0. The van der Waals surface area contributed by atoms with Crippen molar-refractivity contribution in [2.24, 2.45) is 0 Å². The SMILES string of the molecule is CC.CC.CC.CC.CC.CC.CC.[HH]. The fourth-order valence-electron chi connectivity index (χ4n) is 0. The summed E-state index contributed by atoms with van der Waals surface area (Å²) in [6, 6.07) is 0. The molecule has 0 aliphatic rings. The van der Waals surface area contributed by atoms with Crippen LogP contribution in [0.1, 0.15) is 98.4 Å². The Hall–Kier alpha value is 0. The van der Waals surface area contributed by atoms with E-state index < -0.39 is 0 Å². The highest BCUT2D eigenvalue weighted by atomic mass is 13.0. The third-order valence-electron chi connectivity index (χ3n) is 0. The van der Waals surface area contributed by atoms with E-state index in [-0.39, 0.29) is 1.43 Å². The van der Waals surface area contributed by atoms with E-state index in [1.165, 1.54) is 0 Å². The zero-order valence-corrected chi connectivity index (χ0v) is 14.0. The molecule has 0 aromatic rings. The largest absolute Gasteiger partial charge is 0.0683 e. The predicted octanol–water partition coefficient (Wildman–Crippen LogP) is 7.43. The lowest BCUT2D eigenvalue weighted by atomic mass is 11.0. The van der Waals surface area contributed by atoms with Crippen molar-refractivity contribution in [3.63, 3.8) is 0 Å². The Morgan fingerprint density at radius 3 is 0.214 bits per heavy atom. The Bertz CT molecular complexity index is 5.30. The molecule has 0 saturated heterocycles. The minimum absolute atomic E-state index is 0. The van der Waals surface area contributed by atoms with Gasteiger partial charge in [-0.1, -0.05) is 96.9 Å². The summed E-state index contributed by atoms with van der Waals surface area (Å²) >= 11 is 0. The van der Waals surface area contributed by atoms with Gasteiger partial charge in [0.25, 0.3) is 0 Å². The van der Waals surface area contributed by atoms with Crippen molar-refractivity contribution in [1.82, 2.24) is 0 Å². The quantitative estimate of drug-likeness (QED) is 0.391. The topological polar surface area (TPSA) is 0 Å². The van der Waals surface area contributed by atoms with Crippen molar-refractivity contribution in [3.05, 3.63) is 0 Å². The maximum Gasteiger partial charge on any atom is 0 e. The van der Waals surface area contributed by atoms with Crippen LogP contribution >= 0.6 is 0 Å². The molecule has 0 spiro atoms. The lowest BCUT2D eigenvalue weighted by Gasteiger charge is -1.07. The third kappa shape index (κ3) is 0. The molecule has 0 unspecified atom stereocenters. The number of hydrogen-bond donors (Lipinski definition) is 0. The summed E-state index contributed by atoms with van der Waals surface area (Å²) in [6.45, 7) is 28.0. The lowest BCUT2D eigenvalue weighted by Crippen LogP contribution is -0.856. The van der Waals surface area contributed by atoms with Crippen LogP contribution in [-0.4, -0.2) is 0 Å². The molecule has 0 bridgehead atoms. The van der Waals surface area contributed by atoms with Crippen molar-refractivity contribution in [2.75, 3.05) is 0 Å². The van der Waals surface area contributed by atoms with Crippen LogP contribution in [0.4, 0.5) is 0 Å². The zero-order chi connectivity index (χ0) is 14.0. The van der Waals surface area contributed by atoms with E-state index in [1.54, 1.807) is 0 Å². The van der Waals surface area contributed by atoms with Gasteiger partial charge in [0.15, 0.2) is 0 Å². The first-order valence-corrected chi connectivity index (χ1v) is 7.00.